The Hall–Kier alpha value is -2.65. The molecule has 1 aliphatic rings. The maximum atomic E-state index is 13.7. The Morgan fingerprint density at radius 2 is 1.80 bits per heavy atom. The first kappa shape index (κ1) is 22.0. The van der Waals surface area contributed by atoms with Crippen LogP contribution in [0.4, 0.5) is 13.2 Å². The standard InChI is InChI=1S/C21H20F3NO4S/c1-29-20(26)14-30(27,28)25-11-9-15(10-12-25)17-7-8-18(16-5-3-2-4-6-16)19(13-17)21(22,23)24/h2-9,13H,10-12,14H2,1H3. The molecule has 0 saturated carbocycles. The Labute approximate surface area is 172 Å². The molecule has 5 nitrogen and oxygen atoms in total. The predicted molar refractivity (Wildman–Crippen MR) is 107 cm³/mol. The molecule has 0 amide bonds. The molecule has 3 rings (SSSR count). The molecule has 0 N–H and O–H groups in total. The van der Waals surface area contributed by atoms with Crippen LogP contribution < -0.4 is 0 Å². The number of rotatable bonds is 5. The first-order valence-corrected chi connectivity index (χ1v) is 10.7. The van der Waals surface area contributed by atoms with Gasteiger partial charge in [-0.1, -0.05) is 48.5 Å². The highest BCUT2D eigenvalue weighted by Crippen LogP contribution is 2.39. The normalized spacial score (nSPS) is 15.5. The van der Waals surface area contributed by atoms with Gasteiger partial charge in [0.15, 0.2) is 5.75 Å². The summed E-state index contributed by atoms with van der Waals surface area (Å²) in [7, 11) is -2.74. The molecule has 1 heterocycles. The number of alkyl halides is 3. The second-order valence-corrected chi connectivity index (χ2v) is 8.76. The van der Waals surface area contributed by atoms with Crippen LogP contribution in [0, 0.1) is 0 Å². The van der Waals surface area contributed by atoms with E-state index in [1.807, 2.05) is 0 Å². The van der Waals surface area contributed by atoms with Crippen molar-refractivity contribution in [2.45, 2.75) is 12.6 Å². The highest BCUT2D eigenvalue weighted by molar-refractivity contribution is 7.89. The van der Waals surface area contributed by atoms with E-state index in [4.69, 9.17) is 0 Å². The number of carbonyl (C=O) groups excluding carboxylic acids is 1. The van der Waals surface area contributed by atoms with Gasteiger partial charge < -0.3 is 4.74 Å². The second kappa shape index (κ2) is 8.61. The number of ether oxygens (including phenoxy) is 1. The maximum absolute atomic E-state index is 13.7. The molecular weight excluding hydrogens is 419 g/mol. The summed E-state index contributed by atoms with van der Waals surface area (Å²) in [6, 6.07) is 12.5. The molecule has 0 aromatic heterocycles. The van der Waals surface area contributed by atoms with Crippen molar-refractivity contribution in [3.8, 4) is 11.1 Å². The first-order chi connectivity index (χ1) is 14.1. The van der Waals surface area contributed by atoms with E-state index in [0.717, 1.165) is 17.5 Å². The fourth-order valence-corrected chi connectivity index (χ4v) is 4.58. The lowest BCUT2D eigenvalue weighted by molar-refractivity contribution is -0.138. The van der Waals surface area contributed by atoms with Gasteiger partial charge in [0.05, 0.1) is 12.7 Å². The van der Waals surface area contributed by atoms with Crippen molar-refractivity contribution in [2.24, 2.45) is 0 Å². The summed E-state index contributed by atoms with van der Waals surface area (Å²) in [5.74, 6) is -1.63. The fourth-order valence-electron chi connectivity index (χ4n) is 3.31. The quantitative estimate of drug-likeness (QED) is 0.662. The summed E-state index contributed by atoms with van der Waals surface area (Å²) in [5, 5.41) is 0. The van der Waals surface area contributed by atoms with Gasteiger partial charge in [-0.3, -0.25) is 4.79 Å². The third-order valence-electron chi connectivity index (χ3n) is 4.87. The van der Waals surface area contributed by atoms with Crippen LogP contribution in [0.15, 0.2) is 54.6 Å². The van der Waals surface area contributed by atoms with Crippen molar-refractivity contribution in [2.75, 3.05) is 26.0 Å². The number of hydrogen-bond acceptors (Lipinski definition) is 4. The van der Waals surface area contributed by atoms with E-state index in [-0.39, 0.29) is 25.1 Å². The number of halogens is 3. The van der Waals surface area contributed by atoms with Crippen molar-refractivity contribution in [3.05, 3.63) is 65.7 Å². The Bertz CT molecular complexity index is 1060. The highest BCUT2D eigenvalue weighted by atomic mass is 32.2. The Balaban J connectivity index is 1.89. The summed E-state index contributed by atoms with van der Waals surface area (Å²) in [4.78, 5) is 11.3. The van der Waals surface area contributed by atoms with Crippen molar-refractivity contribution < 1.29 is 31.1 Å². The van der Waals surface area contributed by atoms with Gasteiger partial charge >= 0.3 is 12.1 Å². The smallest absolute Gasteiger partial charge is 0.417 e. The van der Waals surface area contributed by atoms with Gasteiger partial charge in [-0.15, -0.1) is 0 Å². The summed E-state index contributed by atoms with van der Waals surface area (Å²) in [6.07, 6.45) is -2.72. The summed E-state index contributed by atoms with van der Waals surface area (Å²) >= 11 is 0. The predicted octanol–water partition coefficient (Wildman–Crippen LogP) is 3.96. The van der Waals surface area contributed by atoms with E-state index < -0.39 is 33.5 Å². The maximum Gasteiger partial charge on any atom is 0.417 e. The minimum absolute atomic E-state index is 0.0174. The van der Waals surface area contributed by atoms with Crippen LogP contribution in [-0.4, -0.2) is 44.6 Å². The number of benzene rings is 2. The SMILES string of the molecule is COC(=O)CS(=O)(=O)N1CC=C(c2ccc(-c3ccccc3)c(C(F)(F)F)c2)CC1. The largest absolute Gasteiger partial charge is 0.468 e. The minimum Gasteiger partial charge on any atom is -0.468 e. The molecule has 1 aliphatic heterocycles. The van der Waals surface area contributed by atoms with Gasteiger partial charge in [-0.25, -0.2) is 8.42 Å². The van der Waals surface area contributed by atoms with Gasteiger partial charge in [0.1, 0.15) is 0 Å². The zero-order chi connectivity index (χ0) is 21.9. The van der Waals surface area contributed by atoms with Crippen molar-refractivity contribution >= 4 is 21.6 Å². The van der Waals surface area contributed by atoms with E-state index in [2.05, 4.69) is 4.74 Å². The Morgan fingerprint density at radius 3 is 2.37 bits per heavy atom. The zero-order valence-electron chi connectivity index (χ0n) is 16.1. The zero-order valence-corrected chi connectivity index (χ0v) is 17.0. The lowest BCUT2D eigenvalue weighted by Crippen LogP contribution is -2.38. The number of hydrogen-bond donors (Lipinski definition) is 0. The second-order valence-electron chi connectivity index (χ2n) is 6.79. The molecule has 2 aromatic carbocycles. The van der Waals surface area contributed by atoms with E-state index in [9.17, 15) is 26.4 Å². The van der Waals surface area contributed by atoms with Gasteiger partial charge in [-0.05, 0) is 34.8 Å². The number of sulfonamides is 1. The fraction of sp³-hybridized carbons (Fsp3) is 0.286. The average Bonchev–Trinajstić information content (AvgIpc) is 2.73. The molecule has 2 aromatic rings. The molecule has 0 radical (unpaired) electrons. The molecular formula is C21H20F3NO4S. The summed E-state index contributed by atoms with van der Waals surface area (Å²) in [5.41, 5.74) is 0.837. The van der Waals surface area contributed by atoms with Crippen molar-refractivity contribution in [1.29, 1.82) is 0 Å². The number of nitrogens with zero attached hydrogens (tertiary/aromatic N) is 1. The van der Waals surface area contributed by atoms with Gasteiger partial charge in [0.25, 0.3) is 0 Å². The summed E-state index contributed by atoms with van der Waals surface area (Å²) < 4.78 is 71.1. The molecule has 0 saturated heterocycles. The van der Waals surface area contributed by atoms with Crippen LogP contribution in [-0.2, 0) is 25.7 Å². The first-order valence-electron chi connectivity index (χ1n) is 9.12. The third-order valence-corrected chi connectivity index (χ3v) is 6.59. The number of methoxy groups -OCH3 is 1. The Morgan fingerprint density at radius 1 is 1.10 bits per heavy atom. The molecule has 0 bridgehead atoms. The lowest BCUT2D eigenvalue weighted by atomic mass is 9.92. The van der Waals surface area contributed by atoms with Crippen LogP contribution in [0.3, 0.4) is 0 Å². The number of esters is 1. The molecule has 0 unspecified atom stereocenters. The van der Waals surface area contributed by atoms with Crippen LogP contribution >= 0.6 is 0 Å². The van der Waals surface area contributed by atoms with Crippen molar-refractivity contribution in [3.63, 3.8) is 0 Å². The van der Waals surface area contributed by atoms with Crippen LogP contribution in [0.25, 0.3) is 16.7 Å². The van der Waals surface area contributed by atoms with Crippen LogP contribution in [0.5, 0.6) is 0 Å². The van der Waals surface area contributed by atoms with E-state index in [1.54, 1.807) is 42.5 Å². The summed E-state index contributed by atoms with van der Waals surface area (Å²) in [6.45, 7) is 0.0589. The Kier molecular flexibility index (Phi) is 6.33. The van der Waals surface area contributed by atoms with Crippen LogP contribution in [0.2, 0.25) is 0 Å². The molecule has 0 spiro atoms. The van der Waals surface area contributed by atoms with E-state index in [0.29, 0.717) is 16.7 Å². The van der Waals surface area contributed by atoms with Crippen molar-refractivity contribution in [1.82, 2.24) is 4.31 Å². The molecule has 0 fully saturated rings. The molecule has 30 heavy (non-hydrogen) atoms. The third kappa shape index (κ3) is 4.91. The van der Waals surface area contributed by atoms with Crippen LogP contribution in [0.1, 0.15) is 17.5 Å². The topological polar surface area (TPSA) is 63.7 Å². The average molecular weight is 439 g/mol. The number of carbonyl (C=O) groups is 1. The molecule has 0 aliphatic carbocycles. The van der Waals surface area contributed by atoms with Gasteiger partial charge in [-0.2, -0.15) is 17.5 Å². The lowest BCUT2D eigenvalue weighted by Gasteiger charge is -2.26. The van der Waals surface area contributed by atoms with E-state index >= 15 is 0 Å². The van der Waals surface area contributed by atoms with Gasteiger partial charge in [0, 0.05) is 13.1 Å². The van der Waals surface area contributed by atoms with Gasteiger partial charge in [0.2, 0.25) is 10.0 Å². The molecule has 0 atom stereocenters. The van der Waals surface area contributed by atoms with E-state index in [1.165, 1.54) is 6.07 Å². The molecule has 9 heteroatoms. The minimum atomic E-state index is -4.54. The molecule has 160 valence electrons. The highest BCUT2D eigenvalue weighted by Gasteiger charge is 2.34. The monoisotopic (exact) mass is 439 g/mol.